The van der Waals surface area contributed by atoms with Crippen LogP contribution >= 0.6 is 11.6 Å². The third-order valence-electron chi connectivity index (χ3n) is 2.82. The molecule has 1 aliphatic rings. The van der Waals surface area contributed by atoms with Crippen LogP contribution < -0.4 is 10.6 Å². The van der Waals surface area contributed by atoms with Gasteiger partial charge in [-0.3, -0.25) is 9.59 Å². The number of carboxylic acid groups (broad SMARTS) is 1. The maximum absolute atomic E-state index is 11.8. The van der Waals surface area contributed by atoms with E-state index < -0.39 is 18.4 Å². The van der Waals surface area contributed by atoms with Crippen molar-refractivity contribution in [2.24, 2.45) is 0 Å². The van der Waals surface area contributed by atoms with Crippen molar-refractivity contribution in [3.05, 3.63) is 33.8 Å². The van der Waals surface area contributed by atoms with Crippen LogP contribution in [0, 0.1) is 0 Å². The van der Waals surface area contributed by atoms with E-state index in [-0.39, 0.29) is 0 Å². The highest BCUT2D eigenvalue weighted by atomic mass is 35.5. The van der Waals surface area contributed by atoms with Crippen molar-refractivity contribution in [2.45, 2.75) is 13.0 Å². The number of nitrogens with one attached hydrogen (secondary N) is 2. The molecule has 0 bridgehead atoms. The molecule has 96 valence electrons. The predicted molar refractivity (Wildman–Crippen MR) is 66.8 cm³/mol. The molecule has 18 heavy (non-hydrogen) atoms. The van der Waals surface area contributed by atoms with E-state index in [0.29, 0.717) is 10.6 Å². The number of hydrogen-bond donors (Lipinski definition) is 3. The first-order valence-electron chi connectivity index (χ1n) is 5.60. The average Bonchev–Trinajstić information content (AvgIpc) is 2.35. The number of halogens is 1. The molecule has 0 saturated carbocycles. The number of aliphatic carboxylic acids is 1. The first kappa shape index (κ1) is 12.9. The Kier molecular flexibility index (Phi) is 3.84. The van der Waals surface area contributed by atoms with Crippen molar-refractivity contribution < 1.29 is 14.7 Å². The van der Waals surface area contributed by atoms with Crippen molar-refractivity contribution in [1.82, 2.24) is 10.6 Å². The van der Waals surface area contributed by atoms with Gasteiger partial charge in [0.25, 0.3) is 5.91 Å². The van der Waals surface area contributed by atoms with Gasteiger partial charge in [0, 0.05) is 6.54 Å². The molecule has 0 saturated heterocycles. The second-order valence-electron chi connectivity index (χ2n) is 4.10. The Balaban J connectivity index is 2.22. The van der Waals surface area contributed by atoms with Crippen LogP contribution in [0.2, 0.25) is 5.02 Å². The van der Waals surface area contributed by atoms with Crippen LogP contribution in [0.1, 0.15) is 21.5 Å². The summed E-state index contributed by atoms with van der Waals surface area (Å²) in [5.41, 5.74) is 2.50. The van der Waals surface area contributed by atoms with Gasteiger partial charge >= 0.3 is 5.97 Å². The summed E-state index contributed by atoms with van der Waals surface area (Å²) in [4.78, 5) is 22.2. The van der Waals surface area contributed by atoms with Gasteiger partial charge in [0.15, 0.2) is 0 Å². The van der Waals surface area contributed by atoms with E-state index in [1.165, 1.54) is 0 Å². The molecule has 0 fully saturated rings. The quantitative estimate of drug-likeness (QED) is 0.758. The van der Waals surface area contributed by atoms with E-state index in [2.05, 4.69) is 10.6 Å². The minimum Gasteiger partial charge on any atom is -0.480 e. The molecule has 0 aliphatic carbocycles. The van der Waals surface area contributed by atoms with Crippen LogP contribution in [0.3, 0.4) is 0 Å². The number of rotatable bonds is 3. The second kappa shape index (κ2) is 5.37. The minimum absolute atomic E-state index is 0.332. The summed E-state index contributed by atoms with van der Waals surface area (Å²) < 4.78 is 0. The van der Waals surface area contributed by atoms with Crippen molar-refractivity contribution in [3.63, 3.8) is 0 Å². The Hall–Kier alpha value is -1.59. The molecule has 3 N–H and O–H groups in total. The van der Waals surface area contributed by atoms with Gasteiger partial charge in [-0.1, -0.05) is 11.6 Å². The van der Waals surface area contributed by atoms with Gasteiger partial charge in [0.1, 0.15) is 6.54 Å². The summed E-state index contributed by atoms with van der Waals surface area (Å²) in [6.07, 6.45) is 0.839. The molecule has 2 rings (SSSR count). The molecule has 1 aromatic carbocycles. The topological polar surface area (TPSA) is 78.4 Å². The third-order valence-corrected chi connectivity index (χ3v) is 3.13. The largest absolute Gasteiger partial charge is 0.480 e. The fourth-order valence-corrected chi connectivity index (χ4v) is 2.20. The lowest BCUT2D eigenvalue weighted by Gasteiger charge is -2.18. The Bertz CT molecular complexity index is 502. The first-order chi connectivity index (χ1) is 8.58. The van der Waals surface area contributed by atoms with Gasteiger partial charge in [-0.05, 0) is 36.2 Å². The summed E-state index contributed by atoms with van der Waals surface area (Å²) in [5, 5.41) is 14.4. The fourth-order valence-electron chi connectivity index (χ4n) is 1.93. The zero-order valence-electron chi connectivity index (χ0n) is 9.62. The summed E-state index contributed by atoms with van der Waals surface area (Å²) in [6, 6.07) is 3.51. The summed E-state index contributed by atoms with van der Waals surface area (Å²) in [7, 11) is 0. The molecule has 1 heterocycles. The highest BCUT2D eigenvalue weighted by Crippen LogP contribution is 2.23. The molecule has 0 atom stereocenters. The second-order valence-corrected chi connectivity index (χ2v) is 4.51. The van der Waals surface area contributed by atoms with Gasteiger partial charge in [-0.25, -0.2) is 0 Å². The van der Waals surface area contributed by atoms with Gasteiger partial charge in [0.05, 0.1) is 10.6 Å². The van der Waals surface area contributed by atoms with Gasteiger partial charge < -0.3 is 15.7 Å². The molecule has 0 aromatic heterocycles. The highest BCUT2D eigenvalue weighted by molar-refractivity contribution is 6.34. The normalized spacial score (nSPS) is 13.8. The smallest absolute Gasteiger partial charge is 0.322 e. The van der Waals surface area contributed by atoms with Crippen LogP contribution in [-0.4, -0.2) is 30.1 Å². The fraction of sp³-hybridized carbons (Fsp3) is 0.333. The lowest BCUT2D eigenvalue weighted by molar-refractivity contribution is -0.135. The highest BCUT2D eigenvalue weighted by Gasteiger charge is 2.16. The summed E-state index contributed by atoms with van der Waals surface area (Å²) >= 11 is 6.04. The number of hydrogen-bond acceptors (Lipinski definition) is 3. The minimum atomic E-state index is -1.08. The Labute approximate surface area is 109 Å². The lowest BCUT2D eigenvalue weighted by Crippen LogP contribution is -2.30. The van der Waals surface area contributed by atoms with Crippen molar-refractivity contribution in [3.8, 4) is 0 Å². The monoisotopic (exact) mass is 268 g/mol. The molecule has 6 heteroatoms. The molecule has 1 amide bonds. The first-order valence-corrected chi connectivity index (χ1v) is 5.97. The third kappa shape index (κ3) is 2.80. The number of amides is 1. The van der Waals surface area contributed by atoms with E-state index in [4.69, 9.17) is 16.7 Å². The number of carboxylic acids is 1. The Morgan fingerprint density at radius 3 is 2.89 bits per heavy atom. The van der Waals surface area contributed by atoms with E-state index in [1.54, 1.807) is 12.1 Å². The molecule has 5 nitrogen and oxygen atoms in total. The SMILES string of the molecule is O=C(O)CNC(=O)c1cc2c(cc1Cl)CNCC2. The van der Waals surface area contributed by atoms with Crippen molar-refractivity contribution >= 4 is 23.5 Å². The van der Waals surface area contributed by atoms with E-state index in [9.17, 15) is 9.59 Å². The number of carbonyl (C=O) groups excluding carboxylic acids is 1. The van der Waals surface area contributed by atoms with Crippen molar-refractivity contribution in [1.29, 1.82) is 0 Å². The average molecular weight is 269 g/mol. The molecule has 0 unspecified atom stereocenters. The van der Waals surface area contributed by atoms with E-state index in [0.717, 1.165) is 30.6 Å². The zero-order chi connectivity index (χ0) is 13.1. The standard InChI is InChI=1S/C12H13ClN2O3/c13-10-4-8-5-14-2-1-7(8)3-9(10)12(18)15-6-11(16)17/h3-4,14H,1-2,5-6H2,(H,15,18)(H,16,17). The predicted octanol–water partition coefficient (Wildman–Crippen LogP) is 0.800. The molecular weight excluding hydrogens is 256 g/mol. The van der Waals surface area contributed by atoms with Gasteiger partial charge in [-0.2, -0.15) is 0 Å². The maximum atomic E-state index is 11.8. The van der Waals surface area contributed by atoms with E-state index in [1.807, 2.05) is 0 Å². The summed E-state index contributed by atoms with van der Waals surface area (Å²) in [5.74, 6) is -1.54. The molecule has 0 spiro atoms. The van der Waals surface area contributed by atoms with Crippen LogP contribution in [0.15, 0.2) is 12.1 Å². The lowest BCUT2D eigenvalue weighted by atomic mass is 9.98. The van der Waals surface area contributed by atoms with Gasteiger partial charge in [0.2, 0.25) is 0 Å². The van der Waals surface area contributed by atoms with Crippen LogP contribution in [0.25, 0.3) is 0 Å². The summed E-state index contributed by atoms with van der Waals surface area (Å²) in [6.45, 7) is 1.20. The van der Waals surface area contributed by atoms with E-state index >= 15 is 0 Å². The number of fused-ring (bicyclic) bond motifs is 1. The Morgan fingerprint density at radius 2 is 2.17 bits per heavy atom. The van der Waals surface area contributed by atoms with Crippen LogP contribution in [0.5, 0.6) is 0 Å². The Morgan fingerprint density at radius 1 is 1.39 bits per heavy atom. The number of carbonyl (C=O) groups is 2. The number of benzene rings is 1. The van der Waals surface area contributed by atoms with Gasteiger partial charge in [-0.15, -0.1) is 0 Å². The van der Waals surface area contributed by atoms with Crippen LogP contribution in [-0.2, 0) is 17.8 Å². The molecule has 1 aromatic rings. The van der Waals surface area contributed by atoms with Crippen LogP contribution in [0.4, 0.5) is 0 Å². The zero-order valence-corrected chi connectivity index (χ0v) is 10.4. The maximum Gasteiger partial charge on any atom is 0.322 e. The molecule has 0 radical (unpaired) electrons. The molecular formula is C12H13ClN2O3. The molecule has 1 aliphatic heterocycles. The van der Waals surface area contributed by atoms with Crippen molar-refractivity contribution in [2.75, 3.05) is 13.1 Å².